The van der Waals surface area contributed by atoms with Gasteiger partial charge in [0.25, 0.3) is 0 Å². The van der Waals surface area contributed by atoms with Gasteiger partial charge in [0.1, 0.15) is 0 Å². The molecule has 0 aliphatic heterocycles. The highest BCUT2D eigenvalue weighted by molar-refractivity contribution is 6.62. The lowest BCUT2D eigenvalue weighted by atomic mass is 9.76. The second-order valence-corrected chi connectivity index (χ2v) is 4.81. The number of hydrogen-bond donors (Lipinski definition) is 2. The number of benzene rings is 3. The molecule has 0 saturated carbocycles. The minimum Gasteiger partial charge on any atom is -0.423 e. The summed E-state index contributed by atoms with van der Waals surface area (Å²) in [4.78, 5) is 0. The van der Waals surface area contributed by atoms with Gasteiger partial charge in [-0.2, -0.15) is 5.26 Å². The minimum atomic E-state index is -1.51. The highest BCUT2D eigenvalue weighted by Crippen LogP contribution is 2.29. The van der Waals surface area contributed by atoms with Crippen LogP contribution in [0.5, 0.6) is 0 Å². The summed E-state index contributed by atoms with van der Waals surface area (Å²) in [6, 6.07) is 20.9. The van der Waals surface area contributed by atoms with E-state index in [1.807, 2.05) is 6.07 Å². The standard InChI is InChI=1S/C11H8BNO2.C6H4/c13-7-8-5-6-11(12(14)15)10-4-2-1-3-9(8)10;1-2-6-4-3-5(1)6/h1-6,14-15H;1-4H. The Balaban J connectivity index is 0.000000180. The van der Waals surface area contributed by atoms with Crippen molar-refractivity contribution in [2.45, 2.75) is 0 Å². The average molecular weight is 273 g/mol. The zero-order valence-electron chi connectivity index (χ0n) is 11.2. The van der Waals surface area contributed by atoms with Gasteiger partial charge in [0.2, 0.25) is 0 Å². The molecule has 0 heterocycles. The van der Waals surface area contributed by atoms with Gasteiger partial charge in [-0.05, 0) is 33.4 Å². The van der Waals surface area contributed by atoms with Crippen LogP contribution in [0.1, 0.15) is 5.56 Å². The van der Waals surface area contributed by atoms with E-state index in [1.165, 1.54) is 11.1 Å². The van der Waals surface area contributed by atoms with E-state index in [-0.39, 0.29) is 0 Å². The van der Waals surface area contributed by atoms with Gasteiger partial charge in [-0.15, -0.1) is 0 Å². The maximum Gasteiger partial charge on any atom is 0.489 e. The zero-order valence-corrected chi connectivity index (χ0v) is 11.2. The average Bonchev–Trinajstić information content (AvgIpc) is 2.50. The molecule has 0 bridgehead atoms. The molecule has 0 unspecified atom stereocenters. The Kier molecular flexibility index (Phi) is 3.45. The first-order valence-electron chi connectivity index (χ1n) is 6.59. The first-order valence-corrected chi connectivity index (χ1v) is 6.59. The fourth-order valence-electron chi connectivity index (χ4n) is 2.31. The van der Waals surface area contributed by atoms with E-state index in [4.69, 9.17) is 15.3 Å². The quantitative estimate of drug-likeness (QED) is 0.522. The van der Waals surface area contributed by atoms with E-state index >= 15 is 0 Å². The third-order valence-electron chi connectivity index (χ3n) is 3.57. The predicted octanol–water partition coefficient (Wildman–Crippen LogP) is 2.06. The number of rotatable bonds is 1. The summed E-state index contributed by atoms with van der Waals surface area (Å²) >= 11 is 0. The molecule has 3 nitrogen and oxygen atoms in total. The lowest BCUT2D eigenvalue weighted by Crippen LogP contribution is -2.30. The van der Waals surface area contributed by atoms with Crippen LogP contribution in [0.15, 0.2) is 60.7 Å². The molecule has 0 fully saturated rings. The Bertz CT molecular complexity index is 815. The van der Waals surface area contributed by atoms with Crippen LogP contribution >= 0.6 is 0 Å². The fourth-order valence-corrected chi connectivity index (χ4v) is 2.31. The summed E-state index contributed by atoms with van der Waals surface area (Å²) in [6.45, 7) is 0. The first kappa shape index (κ1) is 13.4. The van der Waals surface area contributed by atoms with Crippen molar-refractivity contribution in [2.75, 3.05) is 0 Å². The Hall–Kier alpha value is -2.61. The second kappa shape index (κ2) is 5.41. The molecule has 2 aromatic carbocycles. The van der Waals surface area contributed by atoms with Crippen LogP contribution in [0.3, 0.4) is 0 Å². The predicted molar refractivity (Wildman–Crippen MR) is 83.9 cm³/mol. The molecular formula is C17H12BNO2. The number of fused-ring (bicyclic) bond motifs is 2. The molecule has 0 spiro atoms. The molecule has 2 aliphatic carbocycles. The summed E-state index contributed by atoms with van der Waals surface area (Å²) in [5, 5.41) is 28.6. The van der Waals surface area contributed by atoms with Gasteiger partial charge in [-0.3, -0.25) is 0 Å². The van der Waals surface area contributed by atoms with Crippen molar-refractivity contribution >= 4 is 23.4 Å². The number of nitriles is 1. The highest BCUT2D eigenvalue weighted by atomic mass is 16.4. The normalized spacial score (nSPS) is 10.3. The van der Waals surface area contributed by atoms with Crippen molar-refractivity contribution in [3.63, 3.8) is 0 Å². The molecule has 21 heavy (non-hydrogen) atoms. The SMILES string of the molecule is N#Cc1ccc(B(O)O)c2ccccc12.c1cc2ccc1-2. The van der Waals surface area contributed by atoms with Gasteiger partial charge < -0.3 is 10.0 Å². The van der Waals surface area contributed by atoms with E-state index in [2.05, 4.69) is 30.3 Å². The molecule has 0 radical (unpaired) electrons. The maximum absolute atomic E-state index is 9.16. The van der Waals surface area contributed by atoms with Gasteiger partial charge >= 0.3 is 7.12 Å². The largest absolute Gasteiger partial charge is 0.489 e. The lowest BCUT2D eigenvalue weighted by Gasteiger charge is -2.10. The third-order valence-corrected chi connectivity index (χ3v) is 3.57. The van der Waals surface area contributed by atoms with Crippen LogP contribution in [0.2, 0.25) is 0 Å². The van der Waals surface area contributed by atoms with Crippen LogP contribution < -0.4 is 5.46 Å². The van der Waals surface area contributed by atoms with E-state index in [1.54, 1.807) is 30.3 Å². The number of hydrogen-bond acceptors (Lipinski definition) is 3. The van der Waals surface area contributed by atoms with Gasteiger partial charge in [-0.25, -0.2) is 0 Å². The smallest absolute Gasteiger partial charge is 0.423 e. The molecule has 0 aromatic heterocycles. The lowest BCUT2D eigenvalue weighted by molar-refractivity contribution is 0.426. The van der Waals surface area contributed by atoms with Crippen LogP contribution in [0.25, 0.3) is 21.9 Å². The molecule has 2 N–H and O–H groups in total. The molecule has 0 amide bonds. The Morgan fingerprint density at radius 2 is 1.33 bits per heavy atom. The van der Waals surface area contributed by atoms with Crippen molar-refractivity contribution in [3.8, 4) is 17.2 Å². The summed E-state index contributed by atoms with van der Waals surface area (Å²) < 4.78 is 0. The summed E-state index contributed by atoms with van der Waals surface area (Å²) in [6.07, 6.45) is 0. The molecule has 0 atom stereocenters. The van der Waals surface area contributed by atoms with Crippen molar-refractivity contribution < 1.29 is 10.0 Å². The topological polar surface area (TPSA) is 64.2 Å². The second-order valence-electron chi connectivity index (χ2n) is 4.81. The summed E-state index contributed by atoms with van der Waals surface area (Å²) in [5.41, 5.74) is 3.81. The Labute approximate surface area is 122 Å². The van der Waals surface area contributed by atoms with Crippen LogP contribution in [-0.2, 0) is 0 Å². The highest BCUT2D eigenvalue weighted by Gasteiger charge is 2.15. The third kappa shape index (κ3) is 2.41. The summed E-state index contributed by atoms with van der Waals surface area (Å²) in [5.74, 6) is 0. The number of nitrogens with zero attached hydrogens (tertiary/aromatic N) is 1. The van der Waals surface area contributed by atoms with Crippen molar-refractivity contribution in [1.82, 2.24) is 0 Å². The Morgan fingerprint density at radius 3 is 1.76 bits per heavy atom. The monoisotopic (exact) mass is 273 g/mol. The minimum absolute atomic E-state index is 0.421. The van der Waals surface area contributed by atoms with Crippen LogP contribution in [0, 0.1) is 11.3 Å². The van der Waals surface area contributed by atoms with E-state index in [9.17, 15) is 0 Å². The molecule has 4 heteroatoms. The molecule has 0 saturated heterocycles. The van der Waals surface area contributed by atoms with Gasteiger partial charge in [0.15, 0.2) is 0 Å². The summed E-state index contributed by atoms with van der Waals surface area (Å²) in [7, 11) is -1.51. The van der Waals surface area contributed by atoms with E-state index < -0.39 is 7.12 Å². The molecule has 4 rings (SSSR count). The van der Waals surface area contributed by atoms with E-state index in [0.717, 1.165) is 5.39 Å². The van der Waals surface area contributed by atoms with Gasteiger partial charge in [-0.1, -0.05) is 54.6 Å². The zero-order chi connectivity index (χ0) is 14.8. The van der Waals surface area contributed by atoms with Crippen molar-refractivity contribution in [1.29, 1.82) is 5.26 Å². The fraction of sp³-hybridized carbons (Fsp3) is 0. The van der Waals surface area contributed by atoms with E-state index in [0.29, 0.717) is 16.4 Å². The molecule has 2 aromatic rings. The maximum atomic E-state index is 9.16. The van der Waals surface area contributed by atoms with Gasteiger partial charge in [0.05, 0.1) is 11.6 Å². The molecule has 100 valence electrons. The van der Waals surface area contributed by atoms with Crippen molar-refractivity contribution in [2.24, 2.45) is 0 Å². The van der Waals surface area contributed by atoms with Crippen LogP contribution in [0.4, 0.5) is 0 Å². The van der Waals surface area contributed by atoms with Crippen molar-refractivity contribution in [3.05, 3.63) is 66.2 Å². The Morgan fingerprint density at radius 1 is 0.762 bits per heavy atom. The molecule has 2 aliphatic rings. The van der Waals surface area contributed by atoms with Gasteiger partial charge in [0, 0.05) is 0 Å². The van der Waals surface area contributed by atoms with Crippen LogP contribution in [-0.4, -0.2) is 17.2 Å². The first-order chi connectivity index (χ1) is 10.2. The molecular weight excluding hydrogens is 261 g/mol.